The number of benzene rings is 1. The van der Waals surface area contributed by atoms with Crippen molar-refractivity contribution in [1.82, 2.24) is 0 Å². The number of carboxylic acid groups (broad SMARTS) is 1. The Hall–Kier alpha value is -1.07. The van der Waals surface area contributed by atoms with Crippen LogP contribution in [0, 0.1) is 0 Å². The summed E-state index contributed by atoms with van der Waals surface area (Å²) >= 11 is 3.15. The summed E-state index contributed by atoms with van der Waals surface area (Å²) in [5.41, 5.74) is 5.52. The zero-order valence-electron chi connectivity index (χ0n) is 6.57. The molecule has 0 bridgehead atoms. The van der Waals surface area contributed by atoms with Gasteiger partial charge in [0.1, 0.15) is 11.8 Å². The van der Waals surface area contributed by atoms with Crippen LogP contribution in [0.15, 0.2) is 22.7 Å². The third-order valence-electron chi connectivity index (χ3n) is 1.59. The van der Waals surface area contributed by atoms with E-state index < -0.39 is 12.0 Å². The zero-order valence-corrected chi connectivity index (χ0v) is 8.15. The van der Waals surface area contributed by atoms with Crippen molar-refractivity contribution in [2.75, 3.05) is 0 Å². The Morgan fingerprint density at radius 3 is 2.69 bits per heavy atom. The van der Waals surface area contributed by atoms with Gasteiger partial charge in [-0.25, -0.2) is 0 Å². The number of hydrogen-bond acceptors (Lipinski definition) is 3. The molecule has 70 valence electrons. The summed E-state index contributed by atoms with van der Waals surface area (Å²) in [6, 6.07) is 3.28. The second kappa shape index (κ2) is 3.76. The largest absolute Gasteiger partial charge is 0.508 e. The summed E-state index contributed by atoms with van der Waals surface area (Å²) in [5.74, 6) is -1.29. The average Bonchev–Trinajstić information content (AvgIpc) is 2.08. The first kappa shape index (κ1) is 10.0. The summed E-state index contributed by atoms with van der Waals surface area (Å²) in [4.78, 5) is 10.5. The smallest absolute Gasteiger partial charge is 0.325 e. The van der Waals surface area contributed by atoms with E-state index in [4.69, 9.17) is 10.8 Å². The van der Waals surface area contributed by atoms with Gasteiger partial charge in [-0.05, 0) is 18.2 Å². The van der Waals surface area contributed by atoms with E-state index in [9.17, 15) is 9.90 Å². The van der Waals surface area contributed by atoms with E-state index in [0.29, 0.717) is 4.47 Å². The van der Waals surface area contributed by atoms with Crippen molar-refractivity contribution in [3.8, 4) is 5.75 Å². The Labute approximate surface area is 83.1 Å². The van der Waals surface area contributed by atoms with Gasteiger partial charge in [0.25, 0.3) is 0 Å². The molecule has 5 heteroatoms. The highest BCUT2D eigenvalue weighted by molar-refractivity contribution is 9.10. The highest BCUT2D eigenvalue weighted by Gasteiger charge is 2.17. The minimum Gasteiger partial charge on any atom is -0.508 e. The molecule has 0 aliphatic heterocycles. The Kier molecular flexibility index (Phi) is 2.90. The van der Waals surface area contributed by atoms with E-state index in [1.165, 1.54) is 12.1 Å². The topological polar surface area (TPSA) is 83.6 Å². The van der Waals surface area contributed by atoms with E-state index in [-0.39, 0.29) is 11.3 Å². The standard InChI is InChI=1S/C8H8BrNO3/c9-4-1-2-6(11)5(3-4)7(10)8(12)13/h1-3,7,11H,10H2,(H,12,13). The van der Waals surface area contributed by atoms with Crippen molar-refractivity contribution in [3.05, 3.63) is 28.2 Å². The molecule has 1 atom stereocenters. The van der Waals surface area contributed by atoms with Crippen LogP contribution in [0.4, 0.5) is 0 Å². The Morgan fingerprint density at radius 2 is 2.15 bits per heavy atom. The van der Waals surface area contributed by atoms with Crippen molar-refractivity contribution in [2.45, 2.75) is 6.04 Å². The number of phenols is 1. The maximum Gasteiger partial charge on any atom is 0.325 e. The Bertz CT molecular complexity index is 340. The van der Waals surface area contributed by atoms with Gasteiger partial charge in [-0.2, -0.15) is 0 Å². The summed E-state index contributed by atoms with van der Waals surface area (Å²) in [7, 11) is 0. The molecule has 0 aliphatic carbocycles. The second-order valence-corrected chi connectivity index (χ2v) is 3.43. The highest BCUT2D eigenvalue weighted by atomic mass is 79.9. The number of carbonyl (C=O) groups is 1. The first-order chi connectivity index (χ1) is 6.02. The molecule has 0 spiro atoms. The van der Waals surface area contributed by atoms with Crippen LogP contribution in [0.1, 0.15) is 11.6 Å². The van der Waals surface area contributed by atoms with Crippen LogP contribution in [-0.4, -0.2) is 16.2 Å². The summed E-state index contributed by atoms with van der Waals surface area (Å²) in [5, 5.41) is 17.9. The third-order valence-corrected chi connectivity index (χ3v) is 2.08. The fraction of sp³-hybridized carbons (Fsp3) is 0.125. The molecule has 0 radical (unpaired) electrons. The van der Waals surface area contributed by atoms with Crippen molar-refractivity contribution in [2.24, 2.45) is 5.73 Å². The summed E-state index contributed by atoms with van der Waals surface area (Å²) in [6.45, 7) is 0. The van der Waals surface area contributed by atoms with Gasteiger partial charge in [-0.15, -0.1) is 0 Å². The van der Waals surface area contributed by atoms with E-state index in [1.807, 2.05) is 0 Å². The van der Waals surface area contributed by atoms with Crippen LogP contribution in [0.2, 0.25) is 0 Å². The van der Waals surface area contributed by atoms with E-state index in [1.54, 1.807) is 6.07 Å². The first-order valence-corrected chi connectivity index (χ1v) is 4.28. The van der Waals surface area contributed by atoms with Gasteiger partial charge in [0.2, 0.25) is 0 Å². The minimum atomic E-state index is -1.20. The lowest BCUT2D eigenvalue weighted by atomic mass is 10.1. The number of halogens is 1. The van der Waals surface area contributed by atoms with E-state index in [2.05, 4.69) is 15.9 Å². The monoisotopic (exact) mass is 245 g/mol. The summed E-state index contributed by atoms with van der Waals surface area (Å²) in [6.07, 6.45) is 0. The number of rotatable bonds is 2. The third kappa shape index (κ3) is 2.19. The van der Waals surface area contributed by atoms with Crippen LogP contribution in [0.25, 0.3) is 0 Å². The maximum absolute atomic E-state index is 10.5. The molecule has 1 rings (SSSR count). The molecule has 4 nitrogen and oxygen atoms in total. The van der Waals surface area contributed by atoms with Crippen molar-refractivity contribution < 1.29 is 15.0 Å². The fourth-order valence-corrected chi connectivity index (χ4v) is 1.29. The number of aliphatic carboxylic acids is 1. The molecule has 0 amide bonds. The maximum atomic E-state index is 10.5. The van der Waals surface area contributed by atoms with Crippen LogP contribution in [0.3, 0.4) is 0 Å². The molecule has 1 aromatic carbocycles. The molecule has 4 N–H and O–H groups in total. The number of carboxylic acids is 1. The predicted octanol–water partition coefficient (Wildman–Crippen LogP) is 1.24. The molecule has 1 unspecified atom stereocenters. The van der Waals surface area contributed by atoms with Gasteiger partial charge < -0.3 is 15.9 Å². The zero-order chi connectivity index (χ0) is 10.0. The quantitative estimate of drug-likeness (QED) is 0.732. The van der Waals surface area contributed by atoms with E-state index in [0.717, 1.165) is 0 Å². The molecule has 0 saturated carbocycles. The molecule has 13 heavy (non-hydrogen) atoms. The van der Waals surface area contributed by atoms with Crippen molar-refractivity contribution >= 4 is 21.9 Å². The molecule has 0 saturated heterocycles. The second-order valence-electron chi connectivity index (χ2n) is 2.52. The van der Waals surface area contributed by atoms with Crippen LogP contribution < -0.4 is 5.73 Å². The minimum absolute atomic E-state index is 0.113. The van der Waals surface area contributed by atoms with Crippen LogP contribution >= 0.6 is 15.9 Å². The number of hydrogen-bond donors (Lipinski definition) is 3. The molecule has 0 heterocycles. The summed E-state index contributed by atoms with van der Waals surface area (Å²) < 4.78 is 0.678. The Balaban J connectivity index is 3.12. The van der Waals surface area contributed by atoms with Gasteiger partial charge in [-0.3, -0.25) is 4.79 Å². The predicted molar refractivity (Wildman–Crippen MR) is 50.4 cm³/mol. The lowest BCUT2D eigenvalue weighted by molar-refractivity contribution is -0.138. The normalized spacial score (nSPS) is 12.5. The fourth-order valence-electron chi connectivity index (χ4n) is 0.908. The van der Waals surface area contributed by atoms with Gasteiger partial charge in [0, 0.05) is 10.0 Å². The lowest BCUT2D eigenvalue weighted by Crippen LogP contribution is -2.20. The molecule has 1 aromatic rings. The van der Waals surface area contributed by atoms with Gasteiger partial charge in [0.05, 0.1) is 0 Å². The SMILES string of the molecule is NC(C(=O)O)c1cc(Br)ccc1O. The Morgan fingerprint density at radius 1 is 1.54 bits per heavy atom. The molecule has 0 fully saturated rings. The average molecular weight is 246 g/mol. The van der Waals surface area contributed by atoms with Gasteiger partial charge in [-0.1, -0.05) is 15.9 Å². The number of phenolic OH excluding ortho intramolecular Hbond substituents is 1. The molecule has 0 aromatic heterocycles. The molecule has 0 aliphatic rings. The first-order valence-electron chi connectivity index (χ1n) is 3.49. The molecular formula is C8H8BrNO3. The number of aromatic hydroxyl groups is 1. The van der Waals surface area contributed by atoms with Gasteiger partial charge in [0.15, 0.2) is 0 Å². The van der Waals surface area contributed by atoms with E-state index >= 15 is 0 Å². The number of nitrogens with two attached hydrogens (primary N) is 1. The highest BCUT2D eigenvalue weighted by Crippen LogP contribution is 2.26. The molecular weight excluding hydrogens is 238 g/mol. The van der Waals surface area contributed by atoms with Gasteiger partial charge >= 0.3 is 5.97 Å². The van der Waals surface area contributed by atoms with Crippen molar-refractivity contribution in [1.29, 1.82) is 0 Å². The lowest BCUT2D eigenvalue weighted by Gasteiger charge is -2.08. The van der Waals surface area contributed by atoms with Crippen LogP contribution in [-0.2, 0) is 4.79 Å². The van der Waals surface area contributed by atoms with Crippen LogP contribution in [0.5, 0.6) is 5.75 Å². The van der Waals surface area contributed by atoms with Crippen molar-refractivity contribution in [3.63, 3.8) is 0 Å².